The fraction of sp³-hybridized carbons (Fsp3) is 0.500. The van der Waals surface area contributed by atoms with Crippen molar-refractivity contribution in [3.63, 3.8) is 0 Å². The van der Waals surface area contributed by atoms with Crippen LogP contribution in [0.4, 0.5) is 5.82 Å². The zero-order valence-corrected chi connectivity index (χ0v) is 21.2. The second-order valence-corrected chi connectivity index (χ2v) is 11.5. The largest absolute Gasteiger partial charge is 0.478 e. The molecule has 1 N–H and O–H groups in total. The van der Waals surface area contributed by atoms with E-state index in [0.29, 0.717) is 36.4 Å². The van der Waals surface area contributed by atoms with Gasteiger partial charge in [0.2, 0.25) is 0 Å². The first kappa shape index (κ1) is 23.0. The highest BCUT2D eigenvalue weighted by molar-refractivity contribution is 5.87. The second-order valence-electron chi connectivity index (χ2n) is 11.5. The van der Waals surface area contributed by atoms with Crippen LogP contribution >= 0.6 is 0 Å². The van der Waals surface area contributed by atoms with Crippen LogP contribution in [0, 0.1) is 5.92 Å². The van der Waals surface area contributed by atoms with Crippen molar-refractivity contribution < 1.29 is 19.2 Å². The summed E-state index contributed by atoms with van der Waals surface area (Å²) in [6.45, 7) is 2.84. The predicted octanol–water partition coefficient (Wildman–Crippen LogP) is 6.15. The lowest BCUT2D eigenvalue weighted by Crippen LogP contribution is -2.47. The predicted molar refractivity (Wildman–Crippen MR) is 139 cm³/mol. The van der Waals surface area contributed by atoms with Gasteiger partial charge in [-0.05, 0) is 74.5 Å². The fourth-order valence-electron chi connectivity index (χ4n) is 6.63. The lowest BCUT2D eigenvalue weighted by molar-refractivity contribution is 0.0134. The van der Waals surface area contributed by atoms with Crippen molar-refractivity contribution in [2.75, 3.05) is 4.90 Å². The van der Waals surface area contributed by atoms with Crippen LogP contribution in [-0.2, 0) is 11.3 Å². The first-order chi connectivity index (χ1) is 18.1. The van der Waals surface area contributed by atoms with Crippen molar-refractivity contribution in [1.82, 2.24) is 10.1 Å². The summed E-state index contributed by atoms with van der Waals surface area (Å²) in [7, 11) is 0. The second kappa shape index (κ2) is 8.98. The van der Waals surface area contributed by atoms with Crippen LogP contribution in [0.1, 0.15) is 91.0 Å². The van der Waals surface area contributed by atoms with Gasteiger partial charge in [0.15, 0.2) is 0 Å². The Kier molecular flexibility index (Phi) is 5.57. The summed E-state index contributed by atoms with van der Waals surface area (Å²) in [6, 6.07) is 12.9. The Morgan fingerprint density at radius 3 is 2.59 bits per heavy atom. The molecule has 0 spiro atoms. The van der Waals surface area contributed by atoms with Crippen molar-refractivity contribution in [2.24, 2.45) is 5.92 Å². The van der Waals surface area contributed by atoms with Gasteiger partial charge in [0, 0.05) is 35.3 Å². The van der Waals surface area contributed by atoms with E-state index in [2.05, 4.69) is 46.2 Å². The van der Waals surface area contributed by atoms with E-state index in [4.69, 9.17) is 9.26 Å². The minimum Gasteiger partial charge on any atom is -0.478 e. The summed E-state index contributed by atoms with van der Waals surface area (Å²) >= 11 is 0. The Morgan fingerprint density at radius 2 is 1.89 bits per heavy atom. The molecular formula is C30H33N3O4. The number of aromatic nitrogens is 2. The summed E-state index contributed by atoms with van der Waals surface area (Å²) in [4.78, 5) is 18.2. The summed E-state index contributed by atoms with van der Waals surface area (Å²) < 4.78 is 12.6. The van der Waals surface area contributed by atoms with Crippen molar-refractivity contribution in [2.45, 2.75) is 88.5 Å². The number of nitrogens with zero attached hydrogens (tertiary/aromatic N) is 3. The van der Waals surface area contributed by atoms with E-state index in [1.165, 1.54) is 43.0 Å². The number of carboxylic acid groups (broad SMARTS) is 1. The van der Waals surface area contributed by atoms with Gasteiger partial charge in [-0.25, -0.2) is 9.78 Å². The van der Waals surface area contributed by atoms with Crippen molar-refractivity contribution in [3.05, 3.63) is 65.0 Å². The lowest BCUT2D eigenvalue weighted by atomic mass is 9.96. The van der Waals surface area contributed by atoms with Crippen molar-refractivity contribution >= 4 is 11.8 Å². The summed E-state index contributed by atoms with van der Waals surface area (Å²) in [6.07, 6.45) is 9.47. The van der Waals surface area contributed by atoms with Crippen LogP contribution in [0.3, 0.4) is 0 Å². The maximum atomic E-state index is 11.3. The Balaban J connectivity index is 1.10. The Labute approximate surface area is 216 Å². The molecule has 192 valence electrons. The molecule has 4 atom stereocenters. The third-order valence-electron chi connectivity index (χ3n) is 8.81. The maximum Gasteiger partial charge on any atom is 0.337 e. The molecule has 1 aromatic carbocycles. The molecule has 0 radical (unpaired) electrons. The number of pyridine rings is 1. The molecule has 0 amide bonds. The maximum absolute atomic E-state index is 11.3. The van der Waals surface area contributed by atoms with E-state index in [0.717, 1.165) is 42.1 Å². The molecule has 7 nitrogen and oxygen atoms in total. The summed E-state index contributed by atoms with van der Waals surface area (Å²) in [5.41, 5.74) is 4.94. The molecule has 2 bridgehead atoms. The van der Waals surface area contributed by atoms with E-state index in [-0.39, 0.29) is 11.7 Å². The van der Waals surface area contributed by atoms with E-state index in [1.807, 2.05) is 6.07 Å². The molecule has 2 saturated heterocycles. The van der Waals surface area contributed by atoms with Gasteiger partial charge < -0.3 is 19.3 Å². The first-order valence-electron chi connectivity index (χ1n) is 13.7. The number of piperidine rings is 1. The molecule has 2 saturated carbocycles. The van der Waals surface area contributed by atoms with Gasteiger partial charge in [-0.15, -0.1) is 0 Å². The van der Waals surface area contributed by atoms with Crippen LogP contribution in [0.15, 0.2) is 47.1 Å². The number of carbonyl (C=O) groups is 1. The molecule has 2 aromatic heterocycles. The van der Waals surface area contributed by atoms with Gasteiger partial charge in [0.25, 0.3) is 0 Å². The van der Waals surface area contributed by atoms with Crippen LogP contribution in [0.25, 0.3) is 11.3 Å². The minimum absolute atomic E-state index is 0.169. The third-order valence-corrected chi connectivity index (χ3v) is 8.81. The average Bonchev–Trinajstić information content (AvgIpc) is 3.84. The standard InChI is InChI=1S/C30H33N3O4/c1-17-12-21-13-22(14-26(17)33(21)27-11-10-20(15-31-27)30(34)35)36-16-25-28(32-37-29(25)19-8-9-19)24-5-3-2-4-23(24)18-6-7-18/h2-5,10-11,15,17-19,21-22,26H,6-9,12-14,16H2,1H3,(H,34,35)/t17-,21?,22?,26?/m1/s1. The zero-order chi connectivity index (χ0) is 25.1. The highest BCUT2D eigenvalue weighted by Gasteiger charge is 2.46. The quantitative estimate of drug-likeness (QED) is 0.397. The summed E-state index contributed by atoms with van der Waals surface area (Å²) in [5.74, 6) is 2.62. The molecular weight excluding hydrogens is 466 g/mol. The normalized spacial score (nSPS) is 27.0. The molecule has 7 rings (SSSR count). The minimum atomic E-state index is -0.944. The fourth-order valence-corrected chi connectivity index (χ4v) is 6.63. The van der Waals surface area contributed by atoms with E-state index >= 15 is 0 Å². The Bertz CT molecular complexity index is 1310. The Morgan fingerprint density at radius 1 is 1.08 bits per heavy atom. The number of hydrogen-bond acceptors (Lipinski definition) is 6. The highest BCUT2D eigenvalue weighted by atomic mass is 16.5. The van der Waals surface area contributed by atoms with Crippen molar-refractivity contribution in [1.29, 1.82) is 0 Å². The molecule has 2 aliphatic carbocycles. The van der Waals surface area contributed by atoms with Gasteiger partial charge in [-0.3, -0.25) is 0 Å². The topological polar surface area (TPSA) is 88.7 Å². The third kappa shape index (κ3) is 4.23. The van der Waals surface area contributed by atoms with Gasteiger partial charge in [-0.1, -0.05) is 36.3 Å². The smallest absolute Gasteiger partial charge is 0.337 e. The van der Waals surface area contributed by atoms with Crippen LogP contribution in [0.2, 0.25) is 0 Å². The molecule has 3 aromatic rings. The molecule has 7 heteroatoms. The van der Waals surface area contributed by atoms with E-state index < -0.39 is 5.97 Å². The molecule has 37 heavy (non-hydrogen) atoms. The van der Waals surface area contributed by atoms with Crippen molar-refractivity contribution in [3.8, 4) is 11.3 Å². The molecule has 4 heterocycles. The number of aromatic carboxylic acids is 1. The number of ether oxygens (including phenoxy) is 1. The first-order valence-corrected chi connectivity index (χ1v) is 13.7. The number of hydrogen-bond donors (Lipinski definition) is 1. The molecule has 3 unspecified atom stereocenters. The zero-order valence-electron chi connectivity index (χ0n) is 21.2. The number of rotatable bonds is 8. The number of carboxylic acids is 1. The van der Waals surface area contributed by atoms with E-state index in [9.17, 15) is 9.90 Å². The van der Waals surface area contributed by atoms with Crippen LogP contribution < -0.4 is 4.90 Å². The van der Waals surface area contributed by atoms with Gasteiger partial charge >= 0.3 is 5.97 Å². The van der Waals surface area contributed by atoms with Crippen LogP contribution in [0.5, 0.6) is 0 Å². The molecule has 2 aliphatic heterocycles. The van der Waals surface area contributed by atoms with Gasteiger partial charge in [-0.2, -0.15) is 0 Å². The molecule has 4 aliphatic rings. The van der Waals surface area contributed by atoms with Gasteiger partial charge in [0.05, 0.1) is 18.3 Å². The summed E-state index contributed by atoms with van der Waals surface area (Å²) in [5, 5.41) is 13.8. The monoisotopic (exact) mass is 499 g/mol. The van der Waals surface area contributed by atoms with Gasteiger partial charge in [0.1, 0.15) is 17.3 Å². The highest BCUT2D eigenvalue weighted by Crippen LogP contribution is 2.48. The SMILES string of the molecule is C[C@@H]1CC2CC(OCc3c(-c4ccccc4C4CC4)noc3C3CC3)CC1N2c1ccc(C(=O)O)cn1. The number of benzene rings is 1. The number of anilines is 1. The van der Waals surface area contributed by atoms with E-state index in [1.54, 1.807) is 6.07 Å². The molecule has 4 fully saturated rings. The van der Waals surface area contributed by atoms with Crippen LogP contribution in [-0.4, -0.2) is 39.4 Å². The lowest BCUT2D eigenvalue weighted by Gasteiger charge is -2.40. The number of fused-ring (bicyclic) bond motifs is 2. The average molecular weight is 500 g/mol. The Hall–Kier alpha value is -3.19.